The lowest BCUT2D eigenvalue weighted by molar-refractivity contribution is 0.0665. The Kier molecular flexibility index (Phi) is 5.18. The van der Waals surface area contributed by atoms with Crippen LogP contribution in [0, 0.1) is 6.92 Å². The fraction of sp³-hybridized carbons (Fsp3) is 0.524. The summed E-state index contributed by atoms with van der Waals surface area (Å²) in [5.41, 5.74) is 2.73. The first kappa shape index (κ1) is 19.3. The van der Waals surface area contributed by atoms with Crippen LogP contribution >= 0.6 is 0 Å². The molecular weight excluding hydrogens is 342 g/mol. The number of carbonyl (C=O) groups excluding carboxylic acids is 1. The fourth-order valence-corrected chi connectivity index (χ4v) is 3.34. The maximum absolute atomic E-state index is 12.8. The number of hydrogen-bond donors (Lipinski definition) is 1. The predicted octanol–water partition coefficient (Wildman–Crippen LogP) is 4.55. The number of carbonyl (C=O) groups is 1. The van der Waals surface area contributed by atoms with Crippen LogP contribution in [0.2, 0.25) is 0 Å². The molecule has 146 valence electrons. The number of aromatic nitrogens is 1. The lowest BCUT2D eigenvalue weighted by Crippen LogP contribution is -2.44. The minimum atomic E-state index is -0.337. The van der Waals surface area contributed by atoms with Gasteiger partial charge in [0, 0.05) is 25.1 Å². The Hall–Kier alpha value is -2.50. The van der Waals surface area contributed by atoms with Gasteiger partial charge >= 0.3 is 6.03 Å². The third kappa shape index (κ3) is 4.43. The maximum atomic E-state index is 12.8. The highest BCUT2D eigenvalue weighted by atomic mass is 16.5. The van der Waals surface area contributed by atoms with Crippen LogP contribution in [-0.2, 0) is 6.54 Å². The minimum absolute atomic E-state index is 0.0976. The molecule has 1 aliphatic rings. The molecular formula is C21H29N3O3. The third-order valence-electron chi connectivity index (χ3n) is 4.83. The zero-order valence-electron chi connectivity index (χ0n) is 17.0. The SMILES string of the molecule is Cc1ccc2c(c1)[C@@H](NC(=O)N(C)Cc1cc(C(C)C)no1)CC(C)(C)O2. The van der Waals surface area contributed by atoms with E-state index < -0.39 is 0 Å². The molecule has 0 saturated carbocycles. The summed E-state index contributed by atoms with van der Waals surface area (Å²) >= 11 is 0. The van der Waals surface area contributed by atoms with Crippen LogP contribution in [-0.4, -0.2) is 28.7 Å². The summed E-state index contributed by atoms with van der Waals surface area (Å²) in [4.78, 5) is 14.4. The minimum Gasteiger partial charge on any atom is -0.487 e. The normalized spacial score (nSPS) is 18.0. The van der Waals surface area contributed by atoms with Gasteiger partial charge in [0.15, 0.2) is 5.76 Å². The van der Waals surface area contributed by atoms with Crippen molar-refractivity contribution in [3.8, 4) is 5.75 Å². The summed E-state index contributed by atoms with van der Waals surface area (Å²) in [6.07, 6.45) is 0.711. The Morgan fingerprint density at radius 2 is 2.11 bits per heavy atom. The first-order valence-corrected chi connectivity index (χ1v) is 9.41. The maximum Gasteiger partial charge on any atom is 0.318 e. The summed E-state index contributed by atoms with van der Waals surface area (Å²) in [5, 5.41) is 7.20. The largest absolute Gasteiger partial charge is 0.487 e. The summed E-state index contributed by atoms with van der Waals surface area (Å²) in [6.45, 7) is 10.6. The Labute approximate surface area is 160 Å². The molecule has 6 nitrogen and oxygen atoms in total. The van der Waals surface area contributed by atoms with Gasteiger partial charge in [-0.25, -0.2) is 4.79 Å². The second-order valence-electron chi connectivity index (χ2n) is 8.34. The van der Waals surface area contributed by atoms with E-state index in [1.165, 1.54) is 0 Å². The van der Waals surface area contributed by atoms with Gasteiger partial charge in [-0.15, -0.1) is 0 Å². The molecule has 1 aliphatic heterocycles. The van der Waals surface area contributed by atoms with E-state index in [0.717, 1.165) is 22.6 Å². The zero-order chi connectivity index (χ0) is 19.8. The molecule has 6 heteroatoms. The van der Waals surface area contributed by atoms with Crippen molar-refractivity contribution < 1.29 is 14.1 Å². The van der Waals surface area contributed by atoms with Gasteiger partial charge in [0.1, 0.15) is 11.4 Å². The van der Waals surface area contributed by atoms with Crippen molar-refractivity contribution in [3.63, 3.8) is 0 Å². The molecule has 0 saturated heterocycles. The monoisotopic (exact) mass is 371 g/mol. The van der Waals surface area contributed by atoms with Gasteiger partial charge in [0.25, 0.3) is 0 Å². The van der Waals surface area contributed by atoms with Crippen molar-refractivity contribution in [2.45, 2.75) is 65.1 Å². The third-order valence-corrected chi connectivity index (χ3v) is 4.83. The van der Waals surface area contributed by atoms with Crippen LogP contribution in [0.1, 0.15) is 68.7 Å². The van der Waals surface area contributed by atoms with Crippen LogP contribution in [0.25, 0.3) is 0 Å². The number of fused-ring (bicyclic) bond motifs is 1. The van der Waals surface area contributed by atoms with Gasteiger partial charge in [0.2, 0.25) is 0 Å². The summed E-state index contributed by atoms with van der Waals surface area (Å²) in [6, 6.07) is 7.76. The molecule has 1 N–H and O–H groups in total. The second kappa shape index (κ2) is 7.25. The number of ether oxygens (including phenoxy) is 1. The molecule has 2 amide bonds. The van der Waals surface area contributed by atoms with Crippen molar-refractivity contribution in [1.29, 1.82) is 0 Å². The highest BCUT2D eigenvalue weighted by Gasteiger charge is 2.35. The predicted molar refractivity (Wildman–Crippen MR) is 104 cm³/mol. The average Bonchev–Trinajstić information content (AvgIpc) is 3.03. The molecule has 1 aromatic carbocycles. The number of rotatable bonds is 4. The molecule has 1 atom stereocenters. The fourth-order valence-electron chi connectivity index (χ4n) is 3.34. The molecule has 2 aromatic rings. The Bertz CT molecular complexity index is 826. The summed E-state index contributed by atoms with van der Waals surface area (Å²) < 4.78 is 11.4. The van der Waals surface area contributed by atoms with Gasteiger partial charge in [0.05, 0.1) is 18.3 Å². The number of amides is 2. The topological polar surface area (TPSA) is 67.6 Å². The van der Waals surface area contributed by atoms with E-state index in [1.807, 2.05) is 39.0 Å². The smallest absolute Gasteiger partial charge is 0.318 e. The van der Waals surface area contributed by atoms with E-state index in [-0.39, 0.29) is 17.7 Å². The van der Waals surface area contributed by atoms with Gasteiger partial charge in [-0.1, -0.05) is 36.7 Å². The standard InChI is InChI=1S/C21H29N3O3/c1-13(2)17-10-15(27-23-17)12-24(6)20(25)22-18-11-21(4,5)26-19-8-7-14(3)9-16(18)19/h7-10,13,18H,11-12H2,1-6H3,(H,22,25)/t18-/m0/s1. The molecule has 0 bridgehead atoms. The number of hydrogen-bond acceptors (Lipinski definition) is 4. The van der Waals surface area contributed by atoms with E-state index in [9.17, 15) is 4.79 Å². The number of nitrogens with zero attached hydrogens (tertiary/aromatic N) is 2. The lowest BCUT2D eigenvalue weighted by Gasteiger charge is -2.38. The van der Waals surface area contributed by atoms with Crippen molar-refractivity contribution in [2.75, 3.05) is 7.05 Å². The quantitative estimate of drug-likeness (QED) is 0.856. The molecule has 0 fully saturated rings. The highest BCUT2D eigenvalue weighted by molar-refractivity contribution is 5.74. The van der Waals surface area contributed by atoms with E-state index in [0.29, 0.717) is 24.6 Å². The van der Waals surface area contributed by atoms with Gasteiger partial charge in [-0.2, -0.15) is 0 Å². The Morgan fingerprint density at radius 1 is 1.37 bits per heavy atom. The summed E-state index contributed by atoms with van der Waals surface area (Å²) in [7, 11) is 1.76. The first-order chi connectivity index (χ1) is 12.6. The number of benzene rings is 1. The van der Waals surface area contributed by atoms with Crippen molar-refractivity contribution >= 4 is 6.03 Å². The molecule has 3 rings (SSSR count). The van der Waals surface area contributed by atoms with Gasteiger partial charge in [-0.05, 0) is 32.8 Å². The molecule has 27 heavy (non-hydrogen) atoms. The van der Waals surface area contributed by atoms with Crippen molar-refractivity contribution in [3.05, 3.63) is 46.8 Å². The van der Waals surface area contributed by atoms with Crippen LogP contribution in [0.5, 0.6) is 5.75 Å². The van der Waals surface area contributed by atoms with Crippen molar-refractivity contribution in [1.82, 2.24) is 15.4 Å². The number of aryl methyl sites for hydroxylation is 1. The molecule has 0 aliphatic carbocycles. The van der Waals surface area contributed by atoms with E-state index >= 15 is 0 Å². The molecule has 0 radical (unpaired) electrons. The second-order valence-corrected chi connectivity index (χ2v) is 8.34. The van der Waals surface area contributed by atoms with E-state index in [4.69, 9.17) is 9.26 Å². The number of nitrogens with one attached hydrogen (secondary N) is 1. The van der Waals surface area contributed by atoms with Crippen molar-refractivity contribution in [2.24, 2.45) is 0 Å². The van der Waals surface area contributed by atoms with Gasteiger partial charge < -0.3 is 19.5 Å². The Morgan fingerprint density at radius 3 is 2.78 bits per heavy atom. The average molecular weight is 371 g/mol. The molecule has 0 unspecified atom stereocenters. The molecule has 1 aromatic heterocycles. The zero-order valence-corrected chi connectivity index (χ0v) is 17.0. The van der Waals surface area contributed by atoms with Crippen LogP contribution in [0.15, 0.2) is 28.8 Å². The lowest BCUT2D eigenvalue weighted by atomic mass is 9.89. The highest BCUT2D eigenvalue weighted by Crippen LogP contribution is 2.39. The molecule has 0 spiro atoms. The number of urea groups is 1. The van der Waals surface area contributed by atoms with Crippen LogP contribution in [0.4, 0.5) is 4.79 Å². The van der Waals surface area contributed by atoms with E-state index in [1.54, 1.807) is 11.9 Å². The van der Waals surface area contributed by atoms with E-state index in [2.05, 4.69) is 30.4 Å². The van der Waals surface area contributed by atoms with Crippen LogP contribution in [0.3, 0.4) is 0 Å². The first-order valence-electron chi connectivity index (χ1n) is 9.41. The Balaban J connectivity index is 1.71. The summed E-state index contributed by atoms with van der Waals surface area (Å²) in [5.74, 6) is 1.81. The van der Waals surface area contributed by atoms with Crippen LogP contribution < -0.4 is 10.1 Å². The van der Waals surface area contributed by atoms with Gasteiger partial charge in [-0.3, -0.25) is 0 Å². The molecule has 2 heterocycles.